The van der Waals surface area contributed by atoms with Crippen LogP contribution in [0.5, 0.6) is 0 Å². The summed E-state index contributed by atoms with van der Waals surface area (Å²) in [5.74, 6) is 1.18. The SMILES string of the molecule is Cc1ccc(C)c(C2Nc3ccc(I)cc3C3C=CCC32)c1. The second kappa shape index (κ2) is 5.41. The first-order valence-corrected chi connectivity index (χ1v) is 9.01. The van der Waals surface area contributed by atoms with Gasteiger partial charge in [-0.1, -0.05) is 35.9 Å². The molecule has 0 amide bonds. The smallest absolute Gasteiger partial charge is 0.0556 e. The van der Waals surface area contributed by atoms with Gasteiger partial charge in [-0.2, -0.15) is 0 Å². The van der Waals surface area contributed by atoms with Crippen LogP contribution in [0.15, 0.2) is 48.6 Å². The second-order valence-corrected chi connectivity index (χ2v) is 7.81. The van der Waals surface area contributed by atoms with Crippen LogP contribution < -0.4 is 5.32 Å². The standard InChI is InChI=1S/C20H20IN/c1-12-6-7-13(2)17(10-12)20-16-5-3-4-15(16)18-11-14(21)8-9-19(18)22-20/h3-4,6-11,15-16,20,22H,5H2,1-2H3. The van der Waals surface area contributed by atoms with Crippen LogP contribution in [0.4, 0.5) is 5.69 Å². The topological polar surface area (TPSA) is 12.0 Å². The van der Waals surface area contributed by atoms with E-state index in [0.717, 1.165) is 0 Å². The molecule has 1 aliphatic heterocycles. The lowest BCUT2D eigenvalue weighted by Gasteiger charge is -2.38. The van der Waals surface area contributed by atoms with Crippen LogP contribution in [-0.2, 0) is 0 Å². The summed E-state index contributed by atoms with van der Waals surface area (Å²) in [4.78, 5) is 0. The largest absolute Gasteiger partial charge is 0.378 e. The van der Waals surface area contributed by atoms with Crippen LogP contribution in [0, 0.1) is 23.3 Å². The second-order valence-electron chi connectivity index (χ2n) is 6.57. The van der Waals surface area contributed by atoms with E-state index < -0.39 is 0 Å². The van der Waals surface area contributed by atoms with Gasteiger partial charge in [-0.15, -0.1) is 0 Å². The maximum Gasteiger partial charge on any atom is 0.0556 e. The Labute approximate surface area is 146 Å². The molecule has 3 atom stereocenters. The third-order valence-electron chi connectivity index (χ3n) is 5.09. The third-order valence-corrected chi connectivity index (χ3v) is 5.77. The molecular weight excluding hydrogens is 381 g/mol. The molecule has 0 aromatic heterocycles. The number of fused-ring (bicyclic) bond motifs is 3. The van der Waals surface area contributed by atoms with Crippen molar-refractivity contribution >= 4 is 28.3 Å². The maximum absolute atomic E-state index is 3.84. The molecule has 1 nitrogen and oxygen atoms in total. The molecular formula is C20H20IN. The van der Waals surface area contributed by atoms with Crippen molar-refractivity contribution in [3.8, 4) is 0 Å². The average Bonchev–Trinajstić information content (AvgIpc) is 2.99. The molecule has 1 aliphatic carbocycles. The summed E-state index contributed by atoms with van der Waals surface area (Å²) in [6, 6.07) is 14.0. The molecule has 2 aliphatic rings. The van der Waals surface area contributed by atoms with Crippen molar-refractivity contribution in [2.75, 3.05) is 5.32 Å². The van der Waals surface area contributed by atoms with Gasteiger partial charge in [0.2, 0.25) is 0 Å². The zero-order valence-electron chi connectivity index (χ0n) is 12.9. The Morgan fingerprint density at radius 1 is 1.05 bits per heavy atom. The van der Waals surface area contributed by atoms with Crippen LogP contribution in [0.3, 0.4) is 0 Å². The summed E-state index contributed by atoms with van der Waals surface area (Å²) < 4.78 is 1.32. The minimum atomic E-state index is 0.410. The summed E-state index contributed by atoms with van der Waals surface area (Å²) in [7, 11) is 0. The summed E-state index contributed by atoms with van der Waals surface area (Å²) in [6.07, 6.45) is 5.95. The van der Waals surface area contributed by atoms with Gasteiger partial charge in [0.05, 0.1) is 6.04 Å². The molecule has 2 aromatic carbocycles. The number of hydrogen-bond acceptors (Lipinski definition) is 1. The molecule has 0 radical (unpaired) electrons. The number of halogens is 1. The Morgan fingerprint density at radius 2 is 1.91 bits per heavy atom. The first-order chi connectivity index (χ1) is 10.6. The van der Waals surface area contributed by atoms with Gasteiger partial charge < -0.3 is 5.32 Å². The van der Waals surface area contributed by atoms with E-state index in [1.54, 1.807) is 0 Å². The van der Waals surface area contributed by atoms with Crippen LogP contribution in [0.2, 0.25) is 0 Å². The highest BCUT2D eigenvalue weighted by molar-refractivity contribution is 14.1. The van der Waals surface area contributed by atoms with E-state index in [9.17, 15) is 0 Å². The monoisotopic (exact) mass is 401 g/mol. The van der Waals surface area contributed by atoms with Crippen LogP contribution in [0.25, 0.3) is 0 Å². The number of rotatable bonds is 1. The number of allylic oxidation sites excluding steroid dienone is 2. The Balaban J connectivity index is 1.83. The fourth-order valence-corrected chi connectivity index (χ4v) is 4.48. The predicted molar refractivity (Wildman–Crippen MR) is 101 cm³/mol. The number of nitrogens with one attached hydrogen (secondary N) is 1. The molecule has 1 heterocycles. The normalized spacial score (nSPS) is 25.5. The lowest BCUT2D eigenvalue weighted by molar-refractivity contribution is 0.424. The molecule has 2 aromatic rings. The summed E-state index contributed by atoms with van der Waals surface area (Å²) in [6.45, 7) is 4.42. The molecule has 1 N–H and O–H groups in total. The van der Waals surface area contributed by atoms with Crippen molar-refractivity contribution < 1.29 is 0 Å². The van der Waals surface area contributed by atoms with E-state index in [2.05, 4.69) is 90.3 Å². The lowest BCUT2D eigenvalue weighted by atomic mass is 9.76. The van der Waals surface area contributed by atoms with Crippen LogP contribution >= 0.6 is 22.6 Å². The zero-order valence-corrected chi connectivity index (χ0v) is 15.1. The lowest BCUT2D eigenvalue weighted by Crippen LogP contribution is -2.29. The van der Waals surface area contributed by atoms with Crippen molar-refractivity contribution in [3.63, 3.8) is 0 Å². The summed E-state index contributed by atoms with van der Waals surface area (Å²) >= 11 is 2.41. The van der Waals surface area contributed by atoms with Gasteiger partial charge in [-0.3, -0.25) is 0 Å². The molecule has 3 unspecified atom stereocenters. The highest BCUT2D eigenvalue weighted by atomic mass is 127. The van der Waals surface area contributed by atoms with Gasteiger partial charge >= 0.3 is 0 Å². The highest BCUT2D eigenvalue weighted by Crippen LogP contribution is 2.50. The van der Waals surface area contributed by atoms with Gasteiger partial charge in [0.1, 0.15) is 0 Å². The Hall–Kier alpha value is -1.29. The van der Waals surface area contributed by atoms with E-state index in [-0.39, 0.29) is 0 Å². The van der Waals surface area contributed by atoms with Gasteiger partial charge in [0, 0.05) is 15.2 Å². The van der Waals surface area contributed by atoms with Crippen LogP contribution in [0.1, 0.15) is 40.6 Å². The van der Waals surface area contributed by atoms with Crippen LogP contribution in [-0.4, -0.2) is 0 Å². The van der Waals surface area contributed by atoms with E-state index in [4.69, 9.17) is 0 Å². The third kappa shape index (κ3) is 2.28. The van der Waals surface area contributed by atoms with Crippen molar-refractivity contribution in [1.29, 1.82) is 0 Å². The summed E-state index contributed by atoms with van der Waals surface area (Å²) in [5, 5.41) is 3.84. The van der Waals surface area contributed by atoms with E-state index >= 15 is 0 Å². The number of anilines is 1. The molecule has 0 saturated heterocycles. The van der Waals surface area contributed by atoms with Crippen molar-refractivity contribution in [3.05, 3.63) is 74.4 Å². The van der Waals surface area contributed by atoms with Crippen molar-refractivity contribution in [2.24, 2.45) is 5.92 Å². The molecule has 0 spiro atoms. The number of benzene rings is 2. The molecule has 4 rings (SSSR count). The average molecular weight is 401 g/mol. The van der Waals surface area contributed by atoms with Crippen molar-refractivity contribution in [2.45, 2.75) is 32.2 Å². The Kier molecular flexibility index (Phi) is 3.52. The van der Waals surface area contributed by atoms with E-state index in [1.165, 1.54) is 37.9 Å². The Morgan fingerprint density at radius 3 is 2.77 bits per heavy atom. The first-order valence-electron chi connectivity index (χ1n) is 7.93. The molecule has 0 saturated carbocycles. The zero-order chi connectivity index (χ0) is 15.3. The highest BCUT2D eigenvalue weighted by Gasteiger charge is 2.38. The van der Waals surface area contributed by atoms with E-state index in [1.807, 2.05) is 0 Å². The fourth-order valence-electron chi connectivity index (χ4n) is 3.97. The first kappa shape index (κ1) is 14.3. The fraction of sp³-hybridized carbons (Fsp3) is 0.300. The van der Waals surface area contributed by atoms with Crippen molar-refractivity contribution in [1.82, 2.24) is 0 Å². The van der Waals surface area contributed by atoms with Gasteiger partial charge in [0.15, 0.2) is 0 Å². The maximum atomic E-state index is 3.84. The van der Waals surface area contributed by atoms with Gasteiger partial charge in [-0.25, -0.2) is 0 Å². The summed E-state index contributed by atoms with van der Waals surface area (Å²) in [5.41, 5.74) is 6.97. The molecule has 2 heteroatoms. The van der Waals surface area contributed by atoms with E-state index in [0.29, 0.717) is 17.9 Å². The molecule has 0 bridgehead atoms. The molecule has 112 valence electrons. The minimum Gasteiger partial charge on any atom is -0.378 e. The molecule has 22 heavy (non-hydrogen) atoms. The van der Waals surface area contributed by atoms with Gasteiger partial charge in [0.25, 0.3) is 0 Å². The Bertz CT molecular complexity index is 762. The molecule has 0 fully saturated rings. The quantitative estimate of drug-likeness (QED) is 0.475. The number of aryl methyl sites for hydroxylation is 2. The number of hydrogen-bond donors (Lipinski definition) is 1. The van der Waals surface area contributed by atoms with Gasteiger partial charge in [-0.05, 0) is 83.7 Å². The minimum absolute atomic E-state index is 0.410. The predicted octanol–water partition coefficient (Wildman–Crippen LogP) is 5.73.